The zero-order valence-electron chi connectivity index (χ0n) is 17.9. The van der Waals surface area contributed by atoms with Crippen LogP contribution in [0.25, 0.3) is 0 Å². The van der Waals surface area contributed by atoms with E-state index in [0.717, 1.165) is 44.8 Å². The van der Waals surface area contributed by atoms with Crippen LogP contribution in [0.3, 0.4) is 0 Å². The number of anilines is 2. The van der Waals surface area contributed by atoms with Crippen LogP contribution in [0.5, 0.6) is 0 Å². The maximum Gasteiger partial charge on any atom is 0.227 e. The van der Waals surface area contributed by atoms with Gasteiger partial charge in [-0.3, -0.25) is 4.90 Å². The van der Waals surface area contributed by atoms with Gasteiger partial charge in [0.15, 0.2) is 5.82 Å². The summed E-state index contributed by atoms with van der Waals surface area (Å²) in [5.74, 6) is 1.32. The molecule has 11 heteroatoms. The first kappa shape index (κ1) is 27.5. The Hall–Kier alpha value is -0.730. The van der Waals surface area contributed by atoms with Crippen molar-refractivity contribution in [2.45, 2.75) is 31.8 Å². The second-order valence-corrected chi connectivity index (χ2v) is 9.17. The van der Waals surface area contributed by atoms with E-state index in [4.69, 9.17) is 39.8 Å². The molecule has 0 bridgehead atoms. The lowest BCUT2D eigenvalue weighted by Crippen LogP contribution is -2.54. The van der Waals surface area contributed by atoms with Gasteiger partial charge in [-0.05, 0) is 44.0 Å². The molecule has 0 radical (unpaired) electrons. The Morgan fingerprint density at radius 3 is 2.50 bits per heavy atom. The predicted molar refractivity (Wildman–Crippen MR) is 140 cm³/mol. The van der Waals surface area contributed by atoms with Gasteiger partial charge in [-0.2, -0.15) is 4.98 Å². The van der Waals surface area contributed by atoms with Gasteiger partial charge in [-0.1, -0.05) is 40.9 Å². The lowest BCUT2D eigenvalue weighted by Gasteiger charge is -2.40. The van der Waals surface area contributed by atoms with Gasteiger partial charge in [0.25, 0.3) is 0 Å². The quantitative estimate of drug-likeness (QED) is 0.533. The number of piperazine rings is 1. The van der Waals surface area contributed by atoms with E-state index in [-0.39, 0.29) is 30.9 Å². The van der Waals surface area contributed by atoms with E-state index in [2.05, 4.69) is 25.4 Å². The predicted octanol–water partition coefficient (Wildman–Crippen LogP) is 5.33. The monoisotopic (exact) mass is 540 g/mol. The molecule has 0 spiro atoms. The standard InChI is InChI=1S/C21H27Cl3N6.2ClH/c1-14(17-5-4-15(22)11-18(17)23)27-20-19(24)13-26-21(28-20)30-9-7-29(8-10-30)16-3-2-6-25-12-16;;/h4-5,11,13-14,16,25H,2-3,6-10,12H2,1H3,(H,26,27,28);2*1H. The molecule has 178 valence electrons. The van der Waals surface area contributed by atoms with Crippen molar-refractivity contribution in [2.75, 3.05) is 49.5 Å². The van der Waals surface area contributed by atoms with Crippen molar-refractivity contribution in [1.82, 2.24) is 20.2 Å². The smallest absolute Gasteiger partial charge is 0.227 e. The molecule has 2 aliphatic rings. The fourth-order valence-electron chi connectivity index (χ4n) is 4.18. The van der Waals surface area contributed by atoms with Crippen LogP contribution in [0, 0.1) is 0 Å². The Labute approximate surface area is 217 Å². The van der Waals surface area contributed by atoms with Crippen LogP contribution in [-0.2, 0) is 0 Å². The molecule has 2 N–H and O–H groups in total. The van der Waals surface area contributed by atoms with Crippen molar-refractivity contribution < 1.29 is 0 Å². The average Bonchev–Trinajstić information content (AvgIpc) is 2.76. The number of rotatable bonds is 5. The third-order valence-corrected chi connectivity index (χ3v) is 6.74. The van der Waals surface area contributed by atoms with Crippen LogP contribution in [0.2, 0.25) is 15.1 Å². The largest absolute Gasteiger partial charge is 0.362 e. The number of nitrogens with one attached hydrogen (secondary N) is 2. The van der Waals surface area contributed by atoms with Gasteiger partial charge < -0.3 is 15.5 Å². The zero-order valence-corrected chi connectivity index (χ0v) is 21.8. The maximum atomic E-state index is 6.38. The van der Waals surface area contributed by atoms with E-state index in [1.807, 2.05) is 19.1 Å². The van der Waals surface area contributed by atoms with Crippen molar-refractivity contribution in [3.8, 4) is 0 Å². The zero-order chi connectivity index (χ0) is 21.1. The Morgan fingerprint density at radius 2 is 1.84 bits per heavy atom. The first-order valence-electron chi connectivity index (χ1n) is 10.4. The van der Waals surface area contributed by atoms with Crippen LogP contribution in [0.15, 0.2) is 24.4 Å². The molecule has 2 unspecified atom stereocenters. The Bertz CT molecular complexity index is 872. The number of aromatic nitrogens is 2. The summed E-state index contributed by atoms with van der Waals surface area (Å²) in [6, 6.07) is 6.05. The molecule has 6 nitrogen and oxygen atoms in total. The third-order valence-electron chi connectivity index (χ3n) is 5.90. The number of nitrogens with zero attached hydrogens (tertiary/aromatic N) is 4. The van der Waals surface area contributed by atoms with Gasteiger partial charge >= 0.3 is 0 Å². The fraction of sp³-hybridized carbons (Fsp3) is 0.524. The molecule has 2 fully saturated rings. The van der Waals surface area contributed by atoms with Gasteiger partial charge in [0.1, 0.15) is 5.02 Å². The first-order chi connectivity index (χ1) is 14.5. The second kappa shape index (κ2) is 12.7. The SMILES string of the molecule is CC(Nc1nc(N2CCN(C3CCCNC3)CC2)ncc1Cl)c1ccc(Cl)cc1Cl.Cl.Cl. The van der Waals surface area contributed by atoms with E-state index in [1.54, 1.807) is 12.3 Å². The van der Waals surface area contributed by atoms with E-state index < -0.39 is 0 Å². The fourth-order valence-corrected chi connectivity index (χ4v) is 4.90. The minimum absolute atomic E-state index is 0. The van der Waals surface area contributed by atoms with Crippen molar-refractivity contribution in [1.29, 1.82) is 0 Å². The van der Waals surface area contributed by atoms with Gasteiger partial charge in [0, 0.05) is 48.8 Å². The van der Waals surface area contributed by atoms with Crippen molar-refractivity contribution >= 4 is 71.4 Å². The highest BCUT2D eigenvalue weighted by molar-refractivity contribution is 6.35. The average molecular weight is 543 g/mol. The third kappa shape index (κ3) is 6.66. The van der Waals surface area contributed by atoms with Gasteiger partial charge in [-0.15, -0.1) is 24.8 Å². The molecule has 2 atom stereocenters. The summed E-state index contributed by atoms with van der Waals surface area (Å²) in [4.78, 5) is 14.0. The van der Waals surface area contributed by atoms with Crippen LogP contribution in [0.4, 0.5) is 11.8 Å². The highest BCUT2D eigenvalue weighted by atomic mass is 35.5. The molecule has 4 rings (SSSR count). The Balaban J connectivity index is 0.00000181. The topological polar surface area (TPSA) is 56.3 Å². The molecule has 3 heterocycles. The molecular formula is C21H29Cl5N6. The summed E-state index contributed by atoms with van der Waals surface area (Å²) < 4.78 is 0. The van der Waals surface area contributed by atoms with Crippen molar-refractivity contribution in [3.63, 3.8) is 0 Å². The number of benzene rings is 1. The number of piperidine rings is 1. The normalized spacial score (nSPS) is 20.1. The molecule has 1 aromatic heterocycles. The van der Waals surface area contributed by atoms with E-state index in [1.165, 1.54) is 12.8 Å². The molecule has 32 heavy (non-hydrogen) atoms. The van der Waals surface area contributed by atoms with Crippen molar-refractivity contribution in [2.24, 2.45) is 0 Å². The highest BCUT2D eigenvalue weighted by Crippen LogP contribution is 2.30. The maximum absolute atomic E-state index is 6.38. The molecule has 2 saturated heterocycles. The summed E-state index contributed by atoms with van der Waals surface area (Å²) in [7, 11) is 0. The summed E-state index contributed by atoms with van der Waals surface area (Å²) in [6.45, 7) is 8.13. The molecule has 0 amide bonds. The number of halogens is 5. The Kier molecular flexibility index (Phi) is 10.9. The minimum atomic E-state index is -0.0781. The molecular weight excluding hydrogens is 514 g/mol. The minimum Gasteiger partial charge on any atom is -0.362 e. The number of hydrogen-bond donors (Lipinski definition) is 2. The summed E-state index contributed by atoms with van der Waals surface area (Å²) >= 11 is 18.7. The van der Waals surface area contributed by atoms with E-state index in [9.17, 15) is 0 Å². The molecule has 2 aliphatic heterocycles. The molecule has 0 aliphatic carbocycles. The summed E-state index contributed by atoms with van der Waals surface area (Å²) in [6.07, 6.45) is 4.21. The van der Waals surface area contributed by atoms with Gasteiger partial charge in [0.2, 0.25) is 5.95 Å². The lowest BCUT2D eigenvalue weighted by atomic mass is 10.1. The van der Waals surface area contributed by atoms with Crippen LogP contribution >= 0.6 is 59.6 Å². The molecule has 1 aromatic carbocycles. The van der Waals surface area contributed by atoms with Crippen LogP contribution < -0.4 is 15.5 Å². The van der Waals surface area contributed by atoms with Gasteiger partial charge in [0.05, 0.1) is 12.2 Å². The molecule has 0 saturated carbocycles. The Morgan fingerprint density at radius 1 is 1.09 bits per heavy atom. The lowest BCUT2D eigenvalue weighted by molar-refractivity contribution is 0.157. The van der Waals surface area contributed by atoms with Crippen LogP contribution in [0.1, 0.15) is 31.4 Å². The first-order valence-corrected chi connectivity index (χ1v) is 11.6. The van der Waals surface area contributed by atoms with Crippen molar-refractivity contribution in [3.05, 3.63) is 45.0 Å². The van der Waals surface area contributed by atoms with E-state index in [0.29, 0.717) is 32.9 Å². The van der Waals surface area contributed by atoms with Crippen LogP contribution in [-0.4, -0.2) is 60.2 Å². The second-order valence-electron chi connectivity index (χ2n) is 7.92. The summed E-state index contributed by atoms with van der Waals surface area (Å²) in [5, 5.41) is 8.59. The van der Waals surface area contributed by atoms with Gasteiger partial charge in [-0.25, -0.2) is 4.98 Å². The summed E-state index contributed by atoms with van der Waals surface area (Å²) in [5.41, 5.74) is 0.937. The highest BCUT2D eigenvalue weighted by Gasteiger charge is 2.26. The number of hydrogen-bond acceptors (Lipinski definition) is 6. The van der Waals surface area contributed by atoms with E-state index >= 15 is 0 Å². The molecule has 2 aromatic rings.